The normalized spacial score (nSPS) is 10.2. The summed E-state index contributed by atoms with van der Waals surface area (Å²) in [6.07, 6.45) is 0. The molecule has 0 saturated heterocycles. The topological polar surface area (TPSA) is 26.3 Å². The van der Waals surface area contributed by atoms with E-state index in [2.05, 4.69) is 0 Å². The quantitative estimate of drug-likeness (QED) is 0.729. The van der Waals surface area contributed by atoms with Crippen molar-refractivity contribution in [2.24, 2.45) is 0 Å². The van der Waals surface area contributed by atoms with Crippen LogP contribution in [0.15, 0.2) is 18.2 Å². The van der Waals surface area contributed by atoms with Crippen LogP contribution in [0.5, 0.6) is 5.75 Å². The Morgan fingerprint density at radius 3 is 2.75 bits per heavy atom. The molecule has 0 N–H and O–H groups in total. The van der Waals surface area contributed by atoms with Gasteiger partial charge in [0.25, 0.3) is 0 Å². The van der Waals surface area contributed by atoms with Gasteiger partial charge in [-0.1, -0.05) is 18.5 Å². The molecule has 0 heterocycles. The second kappa shape index (κ2) is 6.81. The van der Waals surface area contributed by atoms with E-state index in [0.29, 0.717) is 28.7 Å². The maximum absolute atomic E-state index is 11.7. The van der Waals surface area contributed by atoms with Crippen LogP contribution in [0.2, 0.25) is 5.02 Å². The standard InChI is InChI=1S/C12H15ClO2S/c1-3-15-12-6-5-9(7-10(12)13)11(14)8-16-4-2/h5-7H,3-4,8H2,1-2H3. The van der Waals surface area contributed by atoms with Gasteiger partial charge >= 0.3 is 0 Å². The van der Waals surface area contributed by atoms with Crippen molar-refractivity contribution in [3.05, 3.63) is 28.8 Å². The molecule has 0 aliphatic heterocycles. The average molecular weight is 259 g/mol. The highest BCUT2D eigenvalue weighted by Gasteiger charge is 2.08. The summed E-state index contributed by atoms with van der Waals surface area (Å²) in [6, 6.07) is 5.18. The molecule has 0 fully saturated rings. The lowest BCUT2D eigenvalue weighted by Gasteiger charge is -2.07. The number of hydrogen-bond donors (Lipinski definition) is 0. The molecule has 1 aromatic carbocycles. The molecule has 16 heavy (non-hydrogen) atoms. The molecule has 0 unspecified atom stereocenters. The van der Waals surface area contributed by atoms with Crippen LogP contribution in [-0.4, -0.2) is 23.9 Å². The summed E-state index contributed by atoms with van der Waals surface area (Å²) in [5.41, 5.74) is 0.648. The van der Waals surface area contributed by atoms with Gasteiger partial charge in [-0.2, -0.15) is 11.8 Å². The lowest BCUT2D eigenvalue weighted by molar-refractivity contribution is 0.102. The van der Waals surface area contributed by atoms with Crippen LogP contribution in [0.4, 0.5) is 0 Å². The number of Topliss-reactive ketones (excluding diaryl/α,β-unsaturated/α-hetero) is 1. The van der Waals surface area contributed by atoms with E-state index in [1.54, 1.807) is 30.0 Å². The summed E-state index contributed by atoms with van der Waals surface area (Å²) >= 11 is 7.61. The van der Waals surface area contributed by atoms with Crippen molar-refractivity contribution in [1.29, 1.82) is 0 Å². The van der Waals surface area contributed by atoms with E-state index in [-0.39, 0.29) is 5.78 Å². The van der Waals surface area contributed by atoms with Crippen molar-refractivity contribution < 1.29 is 9.53 Å². The SMILES string of the molecule is CCOc1ccc(C(=O)CSCC)cc1Cl. The highest BCUT2D eigenvalue weighted by atomic mass is 35.5. The molecule has 0 radical (unpaired) electrons. The zero-order valence-electron chi connectivity index (χ0n) is 9.46. The van der Waals surface area contributed by atoms with Crippen molar-refractivity contribution in [1.82, 2.24) is 0 Å². The molecule has 0 saturated carbocycles. The van der Waals surface area contributed by atoms with E-state index < -0.39 is 0 Å². The molecule has 0 bridgehead atoms. The van der Waals surface area contributed by atoms with Crippen molar-refractivity contribution in [3.8, 4) is 5.75 Å². The highest BCUT2D eigenvalue weighted by molar-refractivity contribution is 7.99. The lowest BCUT2D eigenvalue weighted by Crippen LogP contribution is -2.03. The Balaban J connectivity index is 2.76. The molecule has 0 atom stereocenters. The van der Waals surface area contributed by atoms with Gasteiger partial charge in [-0.15, -0.1) is 0 Å². The molecule has 0 aliphatic rings. The fourth-order valence-corrected chi connectivity index (χ4v) is 2.02. The van der Waals surface area contributed by atoms with Crippen LogP contribution < -0.4 is 4.74 Å². The third-order valence-corrected chi connectivity index (χ3v) is 3.16. The van der Waals surface area contributed by atoms with Crippen molar-refractivity contribution in [3.63, 3.8) is 0 Å². The Morgan fingerprint density at radius 2 is 2.19 bits per heavy atom. The lowest BCUT2D eigenvalue weighted by atomic mass is 10.1. The van der Waals surface area contributed by atoms with Crippen LogP contribution >= 0.6 is 23.4 Å². The predicted octanol–water partition coefficient (Wildman–Crippen LogP) is 3.67. The average Bonchev–Trinajstić information content (AvgIpc) is 2.29. The molecular weight excluding hydrogens is 244 g/mol. The molecule has 2 nitrogen and oxygen atoms in total. The minimum Gasteiger partial charge on any atom is -0.492 e. The molecular formula is C12H15ClO2S. The number of benzene rings is 1. The van der Waals surface area contributed by atoms with E-state index in [9.17, 15) is 4.79 Å². The van der Waals surface area contributed by atoms with E-state index in [0.717, 1.165) is 5.75 Å². The molecule has 1 aromatic rings. The summed E-state index contributed by atoms with van der Waals surface area (Å²) in [4.78, 5) is 11.7. The Labute approximate surface area is 105 Å². The smallest absolute Gasteiger partial charge is 0.172 e. The first-order chi connectivity index (χ1) is 7.69. The molecule has 0 aromatic heterocycles. The summed E-state index contributed by atoms with van der Waals surface area (Å²) in [5, 5.41) is 0.495. The third-order valence-electron chi connectivity index (χ3n) is 1.99. The first kappa shape index (κ1) is 13.4. The number of carbonyl (C=O) groups is 1. The summed E-state index contributed by atoms with van der Waals surface area (Å²) in [5.74, 6) is 2.18. The zero-order valence-corrected chi connectivity index (χ0v) is 11.0. The Bertz CT molecular complexity index is 366. The monoisotopic (exact) mass is 258 g/mol. The molecule has 0 amide bonds. The van der Waals surface area contributed by atoms with Gasteiger partial charge < -0.3 is 4.74 Å². The van der Waals surface area contributed by atoms with Crippen molar-refractivity contribution in [2.45, 2.75) is 13.8 Å². The minimum absolute atomic E-state index is 0.108. The first-order valence-corrected chi connectivity index (χ1v) is 6.75. The number of ether oxygens (including phenoxy) is 1. The number of halogens is 1. The molecule has 1 rings (SSSR count). The van der Waals surface area contributed by atoms with Gasteiger partial charge in [-0.05, 0) is 30.9 Å². The number of carbonyl (C=O) groups excluding carboxylic acids is 1. The van der Waals surface area contributed by atoms with Crippen LogP contribution in [0.1, 0.15) is 24.2 Å². The summed E-state index contributed by atoms with van der Waals surface area (Å²) < 4.78 is 5.30. The van der Waals surface area contributed by atoms with Gasteiger partial charge in [0.15, 0.2) is 5.78 Å². The van der Waals surface area contributed by atoms with E-state index in [1.165, 1.54) is 0 Å². The van der Waals surface area contributed by atoms with E-state index >= 15 is 0 Å². The van der Waals surface area contributed by atoms with Gasteiger partial charge in [0, 0.05) is 5.56 Å². The van der Waals surface area contributed by atoms with Gasteiger partial charge in [-0.3, -0.25) is 4.79 Å². The fourth-order valence-electron chi connectivity index (χ4n) is 1.22. The number of hydrogen-bond acceptors (Lipinski definition) is 3. The predicted molar refractivity (Wildman–Crippen MR) is 70.0 cm³/mol. The second-order valence-corrected chi connectivity index (χ2v) is 4.82. The van der Waals surface area contributed by atoms with E-state index in [4.69, 9.17) is 16.3 Å². The molecule has 4 heteroatoms. The summed E-state index contributed by atoms with van der Waals surface area (Å²) in [6.45, 7) is 4.50. The van der Waals surface area contributed by atoms with Gasteiger partial charge in [0.05, 0.1) is 17.4 Å². The number of ketones is 1. The van der Waals surface area contributed by atoms with Crippen LogP contribution in [0, 0.1) is 0 Å². The summed E-state index contributed by atoms with van der Waals surface area (Å²) in [7, 11) is 0. The van der Waals surface area contributed by atoms with E-state index in [1.807, 2.05) is 13.8 Å². The minimum atomic E-state index is 0.108. The van der Waals surface area contributed by atoms with Crippen LogP contribution in [0.25, 0.3) is 0 Å². The number of thioether (sulfide) groups is 1. The molecule has 0 aliphatic carbocycles. The van der Waals surface area contributed by atoms with Gasteiger partial charge in [-0.25, -0.2) is 0 Å². The fraction of sp³-hybridized carbons (Fsp3) is 0.417. The Kier molecular flexibility index (Phi) is 5.71. The highest BCUT2D eigenvalue weighted by Crippen LogP contribution is 2.25. The second-order valence-electron chi connectivity index (χ2n) is 3.14. The van der Waals surface area contributed by atoms with Crippen LogP contribution in [0.3, 0.4) is 0 Å². The van der Waals surface area contributed by atoms with Crippen molar-refractivity contribution in [2.75, 3.05) is 18.1 Å². The Morgan fingerprint density at radius 1 is 1.44 bits per heavy atom. The van der Waals surface area contributed by atoms with Gasteiger partial charge in [0.1, 0.15) is 5.75 Å². The molecule has 88 valence electrons. The third kappa shape index (κ3) is 3.72. The maximum Gasteiger partial charge on any atom is 0.172 e. The Hall–Kier alpha value is -0.670. The molecule has 0 spiro atoms. The first-order valence-electron chi connectivity index (χ1n) is 5.22. The van der Waals surface area contributed by atoms with Crippen LogP contribution in [-0.2, 0) is 0 Å². The van der Waals surface area contributed by atoms with Gasteiger partial charge in [0.2, 0.25) is 0 Å². The largest absolute Gasteiger partial charge is 0.492 e. The maximum atomic E-state index is 11.7. The van der Waals surface area contributed by atoms with Crippen molar-refractivity contribution >= 4 is 29.1 Å². The number of rotatable bonds is 6. The zero-order chi connectivity index (χ0) is 12.0.